The molecule has 3 nitrogen and oxygen atoms in total. The summed E-state index contributed by atoms with van der Waals surface area (Å²) in [7, 11) is 0. The molecular formula is C11H8F2N2OS. The van der Waals surface area contributed by atoms with Gasteiger partial charge < -0.3 is 4.98 Å². The maximum atomic E-state index is 13.3. The first-order valence-corrected chi connectivity index (χ1v) is 5.76. The standard InChI is InChI=1S/C11H8F2N2OS/c12-7-1-2-8(9(13)5-7)10(16)6-17-11-14-3-4-15-11/h1-5H,6H2,(H,14,15). The summed E-state index contributed by atoms with van der Waals surface area (Å²) >= 11 is 1.17. The second kappa shape index (κ2) is 5.09. The Morgan fingerprint density at radius 1 is 1.41 bits per heavy atom. The molecule has 0 aliphatic rings. The second-order valence-electron chi connectivity index (χ2n) is 3.23. The van der Waals surface area contributed by atoms with Gasteiger partial charge in [-0.15, -0.1) is 0 Å². The Morgan fingerprint density at radius 3 is 2.88 bits per heavy atom. The molecule has 0 saturated heterocycles. The summed E-state index contributed by atoms with van der Waals surface area (Å²) in [6.07, 6.45) is 3.19. The lowest BCUT2D eigenvalue weighted by Crippen LogP contribution is -2.05. The van der Waals surface area contributed by atoms with Gasteiger partial charge in [-0.25, -0.2) is 13.8 Å². The van der Waals surface area contributed by atoms with Crippen LogP contribution in [0.3, 0.4) is 0 Å². The molecule has 6 heteroatoms. The van der Waals surface area contributed by atoms with Gasteiger partial charge in [-0.3, -0.25) is 4.79 Å². The fraction of sp³-hybridized carbons (Fsp3) is 0.0909. The Morgan fingerprint density at radius 2 is 2.24 bits per heavy atom. The Balaban J connectivity index is 2.04. The Bertz CT molecular complexity index is 528. The van der Waals surface area contributed by atoms with E-state index in [2.05, 4.69) is 9.97 Å². The lowest BCUT2D eigenvalue weighted by Gasteiger charge is -2.01. The monoisotopic (exact) mass is 254 g/mol. The van der Waals surface area contributed by atoms with Crippen LogP contribution in [0.5, 0.6) is 0 Å². The number of H-pyrrole nitrogens is 1. The first kappa shape index (κ1) is 11.8. The van der Waals surface area contributed by atoms with E-state index < -0.39 is 17.4 Å². The fourth-order valence-corrected chi connectivity index (χ4v) is 1.97. The second-order valence-corrected chi connectivity index (χ2v) is 4.19. The van der Waals surface area contributed by atoms with Crippen LogP contribution < -0.4 is 0 Å². The number of carbonyl (C=O) groups excluding carboxylic acids is 1. The topological polar surface area (TPSA) is 45.8 Å². The first-order valence-electron chi connectivity index (χ1n) is 4.77. The number of nitrogens with zero attached hydrogens (tertiary/aromatic N) is 1. The largest absolute Gasteiger partial charge is 0.340 e. The smallest absolute Gasteiger partial charge is 0.176 e. The Hall–Kier alpha value is -1.69. The van der Waals surface area contributed by atoms with Crippen LogP contribution in [0.2, 0.25) is 0 Å². The van der Waals surface area contributed by atoms with Crippen molar-refractivity contribution in [1.29, 1.82) is 0 Å². The van der Waals surface area contributed by atoms with Gasteiger partial charge in [-0.2, -0.15) is 0 Å². The number of ketones is 1. The van der Waals surface area contributed by atoms with Gasteiger partial charge in [0.2, 0.25) is 0 Å². The minimum absolute atomic E-state index is 0.0517. The summed E-state index contributed by atoms with van der Waals surface area (Å²) in [6.45, 7) is 0. The molecule has 0 radical (unpaired) electrons. The molecule has 0 atom stereocenters. The zero-order chi connectivity index (χ0) is 12.3. The van der Waals surface area contributed by atoms with Crippen LogP contribution in [-0.4, -0.2) is 21.5 Å². The molecule has 0 aliphatic carbocycles. The molecular weight excluding hydrogens is 246 g/mol. The normalized spacial score (nSPS) is 10.5. The molecule has 0 saturated carbocycles. The van der Waals surface area contributed by atoms with Crippen molar-refractivity contribution in [2.75, 3.05) is 5.75 Å². The van der Waals surface area contributed by atoms with Crippen molar-refractivity contribution < 1.29 is 13.6 Å². The summed E-state index contributed by atoms with van der Waals surface area (Å²) in [6, 6.07) is 2.91. The van der Waals surface area contributed by atoms with Crippen molar-refractivity contribution >= 4 is 17.5 Å². The van der Waals surface area contributed by atoms with Crippen LogP contribution >= 0.6 is 11.8 Å². The average Bonchev–Trinajstić information content (AvgIpc) is 2.78. The molecule has 0 unspecified atom stereocenters. The molecule has 0 amide bonds. The molecule has 0 bridgehead atoms. The molecule has 17 heavy (non-hydrogen) atoms. The molecule has 1 aromatic carbocycles. The third-order valence-corrected chi connectivity index (χ3v) is 2.95. The molecule has 1 aromatic heterocycles. The molecule has 0 aliphatic heterocycles. The Labute approximate surface area is 100 Å². The summed E-state index contributed by atoms with van der Waals surface area (Å²) < 4.78 is 25.9. The van der Waals surface area contributed by atoms with E-state index in [4.69, 9.17) is 0 Å². The molecule has 0 spiro atoms. The Kier molecular flexibility index (Phi) is 3.53. The molecule has 1 heterocycles. The number of nitrogens with one attached hydrogen (secondary N) is 1. The van der Waals surface area contributed by atoms with Gasteiger partial charge in [0.1, 0.15) is 11.6 Å². The number of thioether (sulfide) groups is 1. The lowest BCUT2D eigenvalue weighted by molar-refractivity contribution is 0.101. The van der Waals surface area contributed by atoms with Crippen molar-refractivity contribution in [1.82, 2.24) is 9.97 Å². The van der Waals surface area contributed by atoms with Crippen LogP contribution in [0.4, 0.5) is 8.78 Å². The van der Waals surface area contributed by atoms with E-state index in [0.29, 0.717) is 11.2 Å². The number of rotatable bonds is 4. The zero-order valence-corrected chi connectivity index (χ0v) is 9.43. The predicted molar refractivity (Wildman–Crippen MR) is 60.0 cm³/mol. The van der Waals surface area contributed by atoms with E-state index in [0.717, 1.165) is 12.1 Å². The van der Waals surface area contributed by atoms with E-state index in [9.17, 15) is 13.6 Å². The van der Waals surface area contributed by atoms with Crippen LogP contribution in [0, 0.1) is 11.6 Å². The van der Waals surface area contributed by atoms with E-state index in [1.165, 1.54) is 11.8 Å². The zero-order valence-electron chi connectivity index (χ0n) is 8.61. The molecule has 1 N–H and O–H groups in total. The number of carbonyl (C=O) groups is 1. The van der Waals surface area contributed by atoms with Crippen molar-refractivity contribution in [2.45, 2.75) is 5.16 Å². The highest BCUT2D eigenvalue weighted by Gasteiger charge is 2.13. The summed E-state index contributed by atoms with van der Waals surface area (Å²) in [5.41, 5.74) is -0.106. The SMILES string of the molecule is O=C(CSc1ncc[nH]1)c1ccc(F)cc1F. The van der Waals surface area contributed by atoms with Gasteiger partial charge in [-0.1, -0.05) is 11.8 Å². The van der Waals surface area contributed by atoms with Gasteiger partial charge in [0.15, 0.2) is 10.9 Å². The summed E-state index contributed by atoms with van der Waals surface area (Å²) in [5.74, 6) is -1.88. The molecule has 2 aromatic rings. The molecule has 0 fully saturated rings. The van der Waals surface area contributed by atoms with Crippen molar-refractivity contribution in [3.8, 4) is 0 Å². The van der Waals surface area contributed by atoms with E-state index in [-0.39, 0.29) is 11.3 Å². The van der Waals surface area contributed by atoms with E-state index in [1.807, 2.05) is 0 Å². The maximum absolute atomic E-state index is 13.3. The quantitative estimate of drug-likeness (QED) is 0.674. The number of aromatic nitrogens is 2. The van der Waals surface area contributed by atoms with Gasteiger partial charge in [0, 0.05) is 18.5 Å². The van der Waals surface area contributed by atoms with Gasteiger partial charge in [0.25, 0.3) is 0 Å². The van der Waals surface area contributed by atoms with Crippen LogP contribution in [-0.2, 0) is 0 Å². The minimum Gasteiger partial charge on any atom is -0.340 e. The fourth-order valence-electron chi connectivity index (χ4n) is 1.26. The molecule has 2 rings (SSSR count). The predicted octanol–water partition coefficient (Wildman–Crippen LogP) is 2.66. The number of hydrogen-bond donors (Lipinski definition) is 1. The minimum atomic E-state index is -0.838. The van der Waals surface area contributed by atoms with Gasteiger partial charge >= 0.3 is 0 Å². The van der Waals surface area contributed by atoms with E-state index in [1.54, 1.807) is 12.4 Å². The summed E-state index contributed by atoms with van der Waals surface area (Å²) in [5, 5.41) is 0.584. The number of benzene rings is 1. The van der Waals surface area contributed by atoms with Crippen molar-refractivity contribution in [2.24, 2.45) is 0 Å². The van der Waals surface area contributed by atoms with Crippen LogP contribution in [0.1, 0.15) is 10.4 Å². The first-order chi connectivity index (χ1) is 8.16. The van der Waals surface area contributed by atoms with Crippen molar-refractivity contribution in [3.05, 3.63) is 47.8 Å². The highest BCUT2D eigenvalue weighted by Crippen LogP contribution is 2.16. The number of imidazole rings is 1. The maximum Gasteiger partial charge on any atom is 0.176 e. The number of hydrogen-bond acceptors (Lipinski definition) is 3. The van der Waals surface area contributed by atoms with Gasteiger partial charge in [0.05, 0.1) is 11.3 Å². The van der Waals surface area contributed by atoms with Crippen LogP contribution in [0.25, 0.3) is 0 Å². The van der Waals surface area contributed by atoms with E-state index >= 15 is 0 Å². The lowest BCUT2D eigenvalue weighted by atomic mass is 10.1. The third kappa shape index (κ3) is 2.91. The summed E-state index contributed by atoms with van der Waals surface area (Å²) in [4.78, 5) is 18.4. The highest BCUT2D eigenvalue weighted by atomic mass is 32.2. The van der Waals surface area contributed by atoms with Gasteiger partial charge in [-0.05, 0) is 12.1 Å². The number of aromatic amines is 1. The number of Topliss-reactive ketones (excluding diaryl/α,β-unsaturated/α-hetero) is 1. The number of halogens is 2. The van der Waals surface area contributed by atoms with Crippen LogP contribution in [0.15, 0.2) is 35.7 Å². The highest BCUT2D eigenvalue weighted by molar-refractivity contribution is 7.99. The third-order valence-electron chi connectivity index (χ3n) is 2.04. The van der Waals surface area contributed by atoms with Crippen molar-refractivity contribution in [3.63, 3.8) is 0 Å². The molecule has 88 valence electrons. The average molecular weight is 254 g/mol.